The molecular weight excluding hydrogens is 460 g/mol. The number of benzene rings is 2. The molecule has 1 saturated heterocycles. The van der Waals surface area contributed by atoms with Crippen molar-refractivity contribution in [3.05, 3.63) is 53.6 Å². The van der Waals surface area contributed by atoms with Crippen molar-refractivity contribution < 1.29 is 14.3 Å². The van der Waals surface area contributed by atoms with Crippen LogP contribution in [-0.4, -0.2) is 60.9 Å². The number of likely N-dealkylation sites (tertiary alicyclic amines) is 1. The van der Waals surface area contributed by atoms with Gasteiger partial charge in [0.15, 0.2) is 17.2 Å². The Morgan fingerprint density at radius 2 is 1.66 bits per heavy atom. The lowest BCUT2D eigenvalue weighted by Crippen LogP contribution is -2.46. The van der Waals surface area contributed by atoms with E-state index in [1.807, 2.05) is 11.2 Å². The van der Waals surface area contributed by atoms with Crippen LogP contribution in [0.25, 0.3) is 0 Å². The number of carbonyl (C=O) groups is 1. The molecule has 2 aromatic carbocycles. The fourth-order valence-corrected chi connectivity index (χ4v) is 5.01. The zero-order chi connectivity index (χ0) is 25.2. The second kappa shape index (κ2) is 9.93. The summed E-state index contributed by atoms with van der Waals surface area (Å²) in [5.74, 6) is 1.20. The third kappa shape index (κ3) is 5.32. The number of nitrogens with one attached hydrogen (secondary N) is 1. The summed E-state index contributed by atoms with van der Waals surface area (Å²) in [5.41, 5.74) is 3.63. The Balaban J connectivity index is 1.44. The summed E-state index contributed by atoms with van der Waals surface area (Å²) in [5, 5.41) is 3.93. The molecule has 0 atom stereocenters. The van der Waals surface area contributed by atoms with Gasteiger partial charge < -0.3 is 19.7 Å². The van der Waals surface area contributed by atoms with Gasteiger partial charge in [-0.15, -0.1) is 11.8 Å². The summed E-state index contributed by atoms with van der Waals surface area (Å²) in [6.45, 7) is 7.82. The minimum atomic E-state index is -0.490. The number of nitrogens with zero attached hydrogens (tertiary/aromatic N) is 3. The third-order valence-corrected chi connectivity index (χ3v) is 7.21. The van der Waals surface area contributed by atoms with E-state index in [1.165, 1.54) is 5.56 Å². The monoisotopic (exact) mass is 494 g/mol. The highest BCUT2D eigenvalue weighted by Crippen LogP contribution is 2.36. The van der Waals surface area contributed by atoms with Crippen molar-refractivity contribution in [1.82, 2.24) is 4.90 Å². The van der Waals surface area contributed by atoms with E-state index in [0.29, 0.717) is 43.1 Å². The van der Waals surface area contributed by atoms with Crippen molar-refractivity contribution in [3.8, 4) is 11.5 Å². The Morgan fingerprint density at radius 3 is 2.23 bits per heavy atom. The second-order valence-electron chi connectivity index (χ2n) is 9.88. The molecule has 1 N–H and O–H groups in total. The average molecular weight is 495 g/mol. The van der Waals surface area contributed by atoms with Crippen LogP contribution >= 0.6 is 11.8 Å². The summed E-state index contributed by atoms with van der Waals surface area (Å²) < 4.78 is 10.6. The van der Waals surface area contributed by atoms with Crippen molar-refractivity contribution in [3.63, 3.8) is 0 Å². The molecule has 8 heteroatoms. The molecule has 2 aliphatic heterocycles. The molecule has 1 spiro atoms. The first-order chi connectivity index (χ1) is 16.7. The molecule has 2 heterocycles. The van der Waals surface area contributed by atoms with Crippen LogP contribution in [-0.2, 0) is 5.41 Å². The molecular formula is C27H34N4O3S. The van der Waals surface area contributed by atoms with Gasteiger partial charge in [-0.05, 0) is 29.4 Å². The van der Waals surface area contributed by atoms with E-state index in [1.54, 1.807) is 44.2 Å². The number of amides is 2. The topological polar surface area (TPSA) is 75.5 Å². The van der Waals surface area contributed by atoms with Gasteiger partial charge in [-0.25, -0.2) is 9.79 Å². The van der Waals surface area contributed by atoms with E-state index >= 15 is 0 Å². The lowest BCUT2D eigenvalue weighted by molar-refractivity contribution is 0.175. The Kier molecular flexibility index (Phi) is 7.12. The molecule has 2 aliphatic rings. The highest BCUT2D eigenvalue weighted by atomic mass is 32.2. The lowest BCUT2D eigenvalue weighted by atomic mass is 9.86. The van der Waals surface area contributed by atoms with Crippen molar-refractivity contribution in [2.24, 2.45) is 9.98 Å². The van der Waals surface area contributed by atoms with Gasteiger partial charge in [0, 0.05) is 43.2 Å². The highest BCUT2D eigenvalue weighted by Gasteiger charge is 2.40. The lowest BCUT2D eigenvalue weighted by Gasteiger charge is -2.35. The first kappa shape index (κ1) is 25.1. The number of urea groups is 1. The number of hydrogen-bond donors (Lipinski definition) is 1. The van der Waals surface area contributed by atoms with E-state index in [0.717, 1.165) is 16.3 Å². The van der Waals surface area contributed by atoms with Gasteiger partial charge in [0.1, 0.15) is 5.04 Å². The maximum atomic E-state index is 12.9. The van der Waals surface area contributed by atoms with Crippen LogP contribution < -0.4 is 14.8 Å². The number of aliphatic imine (C=N–C) groups is 2. The van der Waals surface area contributed by atoms with Gasteiger partial charge in [0.25, 0.3) is 0 Å². The molecule has 7 nitrogen and oxygen atoms in total. The standard InChI is InChI=1S/C27H34N4O3S/c1-26(2,3)19-9-7-18(8-10-19)23-24(35-6)30-27(29-23)13-15-31(16-14-27)25(32)28-20-11-12-21(33-4)22(17-20)34-5/h7-12,17H,13-16H2,1-6H3,(H,28,32). The number of carbonyl (C=O) groups excluding carboxylic acids is 1. The molecule has 0 aliphatic carbocycles. The zero-order valence-electron chi connectivity index (χ0n) is 21.3. The minimum absolute atomic E-state index is 0.109. The Morgan fingerprint density at radius 1 is 1.00 bits per heavy atom. The largest absolute Gasteiger partial charge is 0.493 e. The van der Waals surface area contributed by atoms with Crippen molar-refractivity contribution in [2.45, 2.75) is 44.7 Å². The molecule has 0 unspecified atom stereocenters. The quantitative estimate of drug-likeness (QED) is 0.601. The van der Waals surface area contributed by atoms with Crippen LogP contribution in [0, 0.1) is 0 Å². The second-order valence-corrected chi connectivity index (χ2v) is 10.7. The summed E-state index contributed by atoms with van der Waals surface area (Å²) >= 11 is 1.63. The minimum Gasteiger partial charge on any atom is -0.493 e. The van der Waals surface area contributed by atoms with E-state index < -0.39 is 5.66 Å². The molecule has 0 radical (unpaired) electrons. The summed E-state index contributed by atoms with van der Waals surface area (Å²) in [4.78, 5) is 24.9. The fourth-order valence-electron chi connectivity index (χ4n) is 4.39. The predicted molar refractivity (Wildman–Crippen MR) is 145 cm³/mol. The number of hydrogen-bond acceptors (Lipinski definition) is 6. The smallest absolute Gasteiger partial charge is 0.321 e. The van der Waals surface area contributed by atoms with E-state index in [4.69, 9.17) is 19.5 Å². The van der Waals surface area contributed by atoms with Gasteiger partial charge in [-0.2, -0.15) is 0 Å². The maximum Gasteiger partial charge on any atom is 0.321 e. The van der Waals surface area contributed by atoms with Gasteiger partial charge >= 0.3 is 6.03 Å². The van der Waals surface area contributed by atoms with Gasteiger partial charge in [-0.1, -0.05) is 45.0 Å². The fraction of sp³-hybridized carbons (Fsp3) is 0.444. The molecule has 2 amide bonds. The number of rotatable bonds is 4. The number of piperidine rings is 1. The van der Waals surface area contributed by atoms with Gasteiger partial charge in [-0.3, -0.25) is 4.99 Å². The highest BCUT2D eigenvalue weighted by molar-refractivity contribution is 8.15. The summed E-state index contributed by atoms with van der Waals surface area (Å²) in [6.07, 6.45) is 3.43. The molecule has 1 fully saturated rings. The van der Waals surface area contributed by atoms with Crippen molar-refractivity contribution in [2.75, 3.05) is 38.9 Å². The Labute approximate surface area is 212 Å². The Bertz CT molecular complexity index is 1140. The number of anilines is 1. The molecule has 0 aromatic heterocycles. The van der Waals surface area contributed by atoms with Gasteiger partial charge in [0.05, 0.1) is 19.9 Å². The molecule has 0 saturated carbocycles. The van der Waals surface area contributed by atoms with Gasteiger partial charge in [0.2, 0.25) is 0 Å². The SMILES string of the molecule is COc1ccc(NC(=O)N2CCC3(CC2)N=C(SC)C(c2ccc(C(C)(C)C)cc2)=N3)cc1OC. The third-order valence-electron chi connectivity index (χ3n) is 6.54. The van der Waals surface area contributed by atoms with Crippen LogP contribution in [0.3, 0.4) is 0 Å². The summed E-state index contributed by atoms with van der Waals surface area (Å²) in [6, 6.07) is 13.9. The van der Waals surface area contributed by atoms with Crippen molar-refractivity contribution >= 4 is 34.2 Å². The van der Waals surface area contributed by atoms with E-state index in [-0.39, 0.29) is 11.4 Å². The van der Waals surface area contributed by atoms with Crippen molar-refractivity contribution in [1.29, 1.82) is 0 Å². The molecule has 2 aromatic rings. The first-order valence-electron chi connectivity index (χ1n) is 11.8. The van der Waals surface area contributed by atoms with E-state index in [9.17, 15) is 4.79 Å². The predicted octanol–water partition coefficient (Wildman–Crippen LogP) is 5.59. The van der Waals surface area contributed by atoms with E-state index in [2.05, 4.69) is 50.4 Å². The molecule has 186 valence electrons. The van der Waals surface area contributed by atoms with Crippen LogP contribution in [0.5, 0.6) is 11.5 Å². The number of thioether (sulfide) groups is 1. The zero-order valence-corrected chi connectivity index (χ0v) is 22.2. The average Bonchev–Trinajstić information content (AvgIpc) is 3.22. The Hall–Kier alpha value is -3.00. The molecule has 0 bridgehead atoms. The molecule has 35 heavy (non-hydrogen) atoms. The first-order valence-corrected chi connectivity index (χ1v) is 13.0. The van der Waals surface area contributed by atoms with Crippen LogP contribution in [0.15, 0.2) is 52.4 Å². The van der Waals surface area contributed by atoms with Crippen LogP contribution in [0.2, 0.25) is 0 Å². The number of ether oxygens (including phenoxy) is 2. The number of methoxy groups -OCH3 is 2. The van der Waals surface area contributed by atoms with Crippen LogP contribution in [0.1, 0.15) is 44.7 Å². The maximum absolute atomic E-state index is 12.9. The van der Waals surface area contributed by atoms with Crippen LogP contribution in [0.4, 0.5) is 10.5 Å². The summed E-state index contributed by atoms with van der Waals surface area (Å²) in [7, 11) is 3.16. The normalized spacial score (nSPS) is 17.1. The molecule has 4 rings (SSSR count).